The third kappa shape index (κ3) is 1.52. The lowest BCUT2D eigenvalue weighted by molar-refractivity contribution is -0.254. The predicted octanol–water partition coefficient (Wildman–Crippen LogP) is 0.0523. The molecule has 1 aromatic rings. The molecule has 0 saturated heterocycles. The van der Waals surface area contributed by atoms with Crippen molar-refractivity contribution >= 4 is 5.69 Å². The molecule has 0 fully saturated rings. The van der Waals surface area contributed by atoms with E-state index < -0.39 is 0 Å². The summed E-state index contributed by atoms with van der Waals surface area (Å²) in [5.41, 5.74) is 5.63. The number of hydrogen-bond donors (Lipinski definition) is 2. The third-order valence-corrected chi connectivity index (χ3v) is 1.21. The van der Waals surface area contributed by atoms with Crippen LogP contribution in [-0.4, -0.2) is 5.11 Å². The molecule has 0 aromatic heterocycles. The number of benzene rings is 1. The Morgan fingerprint density at radius 3 is 2.22 bits per heavy atom. The van der Waals surface area contributed by atoms with Crippen LogP contribution in [0.15, 0.2) is 24.3 Å². The number of rotatable bonds is 1. The van der Waals surface area contributed by atoms with Crippen LogP contribution in [0, 0.1) is 0 Å². The molecule has 0 radical (unpaired) electrons. The van der Waals surface area contributed by atoms with E-state index in [1.54, 1.807) is 0 Å². The topological polar surface area (TPSA) is 47.9 Å². The van der Waals surface area contributed by atoms with Gasteiger partial charge in [0.15, 0.2) is 0 Å². The standard InChI is InChI=1S/C7H9NO/c8-7-3-1-6(5-9)2-4-7/h1-4,9H,5,8H2/p+1. The van der Waals surface area contributed by atoms with Crippen molar-refractivity contribution in [2.45, 2.75) is 6.61 Å². The first-order valence-corrected chi connectivity index (χ1v) is 2.84. The van der Waals surface area contributed by atoms with Gasteiger partial charge in [-0.1, -0.05) is 12.1 Å². The van der Waals surface area contributed by atoms with Crippen LogP contribution in [0.2, 0.25) is 0 Å². The maximum absolute atomic E-state index is 8.61. The highest BCUT2D eigenvalue weighted by molar-refractivity contribution is 5.30. The first kappa shape index (κ1) is 6.26. The van der Waals surface area contributed by atoms with Crippen LogP contribution in [0.25, 0.3) is 0 Å². The van der Waals surface area contributed by atoms with Crippen molar-refractivity contribution < 1.29 is 10.8 Å². The van der Waals surface area contributed by atoms with Crippen molar-refractivity contribution in [3.05, 3.63) is 29.8 Å². The van der Waals surface area contributed by atoms with Crippen LogP contribution in [0.5, 0.6) is 0 Å². The molecule has 0 heterocycles. The Bertz CT molecular complexity index is 181. The van der Waals surface area contributed by atoms with Gasteiger partial charge in [0, 0.05) is 0 Å². The molecule has 9 heavy (non-hydrogen) atoms. The molecule has 0 aliphatic heterocycles. The minimum Gasteiger partial charge on any atom is -0.392 e. The summed E-state index contributed by atoms with van der Waals surface area (Å²) in [5.74, 6) is 0. The number of quaternary nitrogens is 1. The van der Waals surface area contributed by atoms with Crippen LogP contribution in [0.1, 0.15) is 5.56 Å². The average Bonchev–Trinajstić information content (AvgIpc) is 1.90. The summed E-state index contributed by atoms with van der Waals surface area (Å²) in [6, 6.07) is 7.49. The molecule has 1 rings (SSSR count). The SMILES string of the molecule is [NH3+]c1ccc(CO)cc1. The second kappa shape index (κ2) is 2.62. The van der Waals surface area contributed by atoms with E-state index in [-0.39, 0.29) is 6.61 Å². The Morgan fingerprint density at radius 1 is 1.22 bits per heavy atom. The molecular weight excluding hydrogens is 114 g/mol. The molecule has 0 unspecified atom stereocenters. The van der Waals surface area contributed by atoms with Crippen molar-refractivity contribution in [1.29, 1.82) is 0 Å². The maximum Gasteiger partial charge on any atom is 0.127 e. The minimum atomic E-state index is 0.111. The molecule has 0 amide bonds. The van der Waals surface area contributed by atoms with Gasteiger partial charge in [-0.3, -0.25) is 0 Å². The molecule has 0 aliphatic carbocycles. The van der Waals surface area contributed by atoms with Gasteiger partial charge in [-0.25, -0.2) is 0 Å². The van der Waals surface area contributed by atoms with Gasteiger partial charge >= 0.3 is 0 Å². The minimum absolute atomic E-state index is 0.111. The van der Waals surface area contributed by atoms with Crippen molar-refractivity contribution in [2.75, 3.05) is 0 Å². The molecular formula is C7H10NO+. The van der Waals surface area contributed by atoms with Crippen molar-refractivity contribution in [3.8, 4) is 0 Å². The van der Waals surface area contributed by atoms with Crippen LogP contribution >= 0.6 is 0 Å². The molecule has 0 bridgehead atoms. The highest BCUT2D eigenvalue weighted by Crippen LogP contribution is 2.02. The molecule has 0 spiro atoms. The summed E-state index contributed by atoms with van der Waals surface area (Å²) in [7, 11) is 0. The van der Waals surface area contributed by atoms with E-state index in [0.29, 0.717) is 0 Å². The lowest BCUT2D eigenvalue weighted by atomic mass is 10.2. The Labute approximate surface area is 53.9 Å². The first-order valence-electron chi connectivity index (χ1n) is 2.84. The van der Waals surface area contributed by atoms with Crippen LogP contribution in [-0.2, 0) is 6.61 Å². The average molecular weight is 124 g/mol. The number of aliphatic hydroxyl groups is 1. The maximum atomic E-state index is 8.61. The molecule has 0 saturated carbocycles. The van der Waals surface area contributed by atoms with E-state index in [9.17, 15) is 0 Å². The lowest BCUT2D eigenvalue weighted by Gasteiger charge is -1.91. The number of aliphatic hydroxyl groups excluding tert-OH is 1. The largest absolute Gasteiger partial charge is 0.392 e. The van der Waals surface area contributed by atoms with Crippen LogP contribution in [0.3, 0.4) is 0 Å². The quantitative estimate of drug-likeness (QED) is 0.546. The fourth-order valence-corrected chi connectivity index (χ4v) is 0.645. The van der Waals surface area contributed by atoms with Gasteiger partial charge in [0.2, 0.25) is 0 Å². The predicted molar refractivity (Wildman–Crippen MR) is 34.9 cm³/mol. The Morgan fingerprint density at radius 2 is 1.78 bits per heavy atom. The van der Waals surface area contributed by atoms with E-state index >= 15 is 0 Å². The zero-order chi connectivity index (χ0) is 6.69. The fourth-order valence-electron chi connectivity index (χ4n) is 0.645. The van der Waals surface area contributed by atoms with Gasteiger partial charge in [0.05, 0.1) is 6.61 Å². The van der Waals surface area contributed by atoms with Gasteiger partial charge in [-0.2, -0.15) is 0 Å². The number of hydrogen-bond acceptors (Lipinski definition) is 1. The third-order valence-electron chi connectivity index (χ3n) is 1.21. The molecule has 48 valence electrons. The van der Waals surface area contributed by atoms with Crippen LogP contribution in [0.4, 0.5) is 5.69 Å². The Balaban J connectivity index is 2.88. The van der Waals surface area contributed by atoms with Crippen molar-refractivity contribution in [2.24, 2.45) is 0 Å². The fraction of sp³-hybridized carbons (Fsp3) is 0.143. The van der Waals surface area contributed by atoms with Gasteiger partial charge in [-0.15, -0.1) is 0 Å². The molecule has 0 aliphatic rings. The normalized spacial score (nSPS) is 9.56. The molecule has 4 N–H and O–H groups in total. The zero-order valence-corrected chi connectivity index (χ0v) is 5.17. The van der Waals surface area contributed by atoms with Gasteiger partial charge in [-0.05, 0) is 17.7 Å². The highest BCUT2D eigenvalue weighted by Gasteiger charge is 1.88. The van der Waals surface area contributed by atoms with Crippen molar-refractivity contribution in [1.82, 2.24) is 0 Å². The summed E-state index contributed by atoms with van der Waals surface area (Å²) in [6.07, 6.45) is 0. The van der Waals surface area contributed by atoms with E-state index in [1.165, 1.54) is 0 Å². The second-order valence-electron chi connectivity index (χ2n) is 1.97. The van der Waals surface area contributed by atoms with E-state index in [2.05, 4.69) is 5.73 Å². The van der Waals surface area contributed by atoms with Gasteiger partial charge in [0.1, 0.15) is 5.69 Å². The summed E-state index contributed by atoms with van der Waals surface area (Å²) in [4.78, 5) is 0. The summed E-state index contributed by atoms with van der Waals surface area (Å²) >= 11 is 0. The molecule has 0 atom stereocenters. The second-order valence-corrected chi connectivity index (χ2v) is 1.97. The Hall–Kier alpha value is -0.860. The zero-order valence-electron chi connectivity index (χ0n) is 5.17. The van der Waals surface area contributed by atoms with Crippen LogP contribution < -0.4 is 5.73 Å². The van der Waals surface area contributed by atoms with E-state index in [1.807, 2.05) is 24.3 Å². The molecule has 2 heteroatoms. The first-order chi connectivity index (χ1) is 4.33. The summed E-state index contributed by atoms with van der Waals surface area (Å²) < 4.78 is 0. The monoisotopic (exact) mass is 124 g/mol. The summed E-state index contributed by atoms with van der Waals surface area (Å²) in [6.45, 7) is 0.111. The highest BCUT2D eigenvalue weighted by atomic mass is 16.3. The Kier molecular flexibility index (Phi) is 1.82. The molecule has 2 nitrogen and oxygen atoms in total. The van der Waals surface area contributed by atoms with E-state index in [4.69, 9.17) is 5.11 Å². The van der Waals surface area contributed by atoms with Gasteiger partial charge in [0.25, 0.3) is 0 Å². The lowest BCUT2D eigenvalue weighted by Crippen LogP contribution is -2.39. The summed E-state index contributed by atoms with van der Waals surface area (Å²) in [5, 5.41) is 8.61. The van der Waals surface area contributed by atoms with E-state index in [0.717, 1.165) is 11.3 Å². The van der Waals surface area contributed by atoms with Crippen molar-refractivity contribution in [3.63, 3.8) is 0 Å². The smallest absolute Gasteiger partial charge is 0.127 e. The van der Waals surface area contributed by atoms with Gasteiger partial charge < -0.3 is 10.8 Å². The molecule has 1 aromatic carbocycles.